The SMILES string of the molecule is CCCCCCCCCCCCC1=C(C)N(CCCCCCCCCCCC)C(=O)CC1(C)C(N)=O. The largest absolute Gasteiger partial charge is 0.369 e. The number of hydrogen-bond donors (Lipinski definition) is 1. The zero-order valence-corrected chi connectivity index (χ0v) is 24.6. The van der Waals surface area contributed by atoms with Crippen LogP contribution < -0.4 is 5.73 Å². The molecule has 36 heavy (non-hydrogen) atoms. The molecule has 0 aliphatic carbocycles. The quantitative estimate of drug-likeness (QED) is 0.141. The van der Waals surface area contributed by atoms with Gasteiger partial charge in [-0.1, -0.05) is 129 Å². The van der Waals surface area contributed by atoms with Gasteiger partial charge in [0.25, 0.3) is 0 Å². The van der Waals surface area contributed by atoms with Gasteiger partial charge in [-0.15, -0.1) is 0 Å². The highest BCUT2D eigenvalue weighted by molar-refractivity contribution is 5.93. The molecule has 0 spiro atoms. The zero-order valence-electron chi connectivity index (χ0n) is 24.6. The van der Waals surface area contributed by atoms with Crippen molar-refractivity contribution in [2.24, 2.45) is 11.1 Å². The molecule has 1 unspecified atom stereocenters. The molecule has 1 aliphatic heterocycles. The van der Waals surface area contributed by atoms with E-state index in [2.05, 4.69) is 13.8 Å². The molecule has 1 rings (SSSR count). The van der Waals surface area contributed by atoms with E-state index in [-0.39, 0.29) is 18.2 Å². The molecule has 4 heteroatoms. The maximum absolute atomic E-state index is 13.0. The first-order chi connectivity index (χ1) is 17.4. The maximum atomic E-state index is 13.0. The Labute approximate surface area is 224 Å². The Morgan fingerprint density at radius 1 is 0.722 bits per heavy atom. The third-order valence-electron chi connectivity index (χ3n) is 8.37. The van der Waals surface area contributed by atoms with Crippen molar-refractivity contribution in [2.75, 3.05) is 6.54 Å². The Morgan fingerprint density at radius 2 is 1.11 bits per heavy atom. The number of rotatable bonds is 23. The Bertz CT molecular complexity index is 642. The number of amides is 2. The van der Waals surface area contributed by atoms with Gasteiger partial charge in [-0.05, 0) is 38.7 Å². The molecule has 210 valence electrons. The normalized spacial score (nSPS) is 18.3. The van der Waals surface area contributed by atoms with E-state index in [1.54, 1.807) is 0 Å². The number of nitrogens with zero attached hydrogens (tertiary/aromatic N) is 1. The Balaban J connectivity index is 2.45. The van der Waals surface area contributed by atoms with E-state index in [9.17, 15) is 9.59 Å². The summed E-state index contributed by atoms with van der Waals surface area (Å²) < 4.78 is 0. The number of allylic oxidation sites excluding steroid dienone is 1. The Kier molecular flexibility index (Phi) is 17.9. The predicted octanol–water partition coefficient (Wildman–Crippen LogP) is 9.22. The van der Waals surface area contributed by atoms with Gasteiger partial charge in [-0.2, -0.15) is 0 Å². The molecule has 0 saturated carbocycles. The molecule has 0 aromatic carbocycles. The summed E-state index contributed by atoms with van der Waals surface area (Å²) >= 11 is 0. The summed E-state index contributed by atoms with van der Waals surface area (Å²) in [4.78, 5) is 27.4. The molecule has 2 amide bonds. The first kappa shape index (κ1) is 32.7. The van der Waals surface area contributed by atoms with Crippen molar-refractivity contribution in [1.29, 1.82) is 0 Å². The summed E-state index contributed by atoms with van der Waals surface area (Å²) in [5.74, 6) is -0.285. The summed E-state index contributed by atoms with van der Waals surface area (Å²) in [7, 11) is 0. The van der Waals surface area contributed by atoms with Crippen LogP contribution in [0.5, 0.6) is 0 Å². The summed E-state index contributed by atoms with van der Waals surface area (Å²) in [6, 6.07) is 0. The lowest BCUT2D eigenvalue weighted by Gasteiger charge is -2.40. The average molecular weight is 505 g/mol. The predicted molar refractivity (Wildman–Crippen MR) is 155 cm³/mol. The fourth-order valence-electron chi connectivity index (χ4n) is 5.79. The van der Waals surface area contributed by atoms with Crippen LogP contribution in [-0.2, 0) is 9.59 Å². The van der Waals surface area contributed by atoms with Gasteiger partial charge in [-0.3, -0.25) is 9.59 Å². The molecule has 2 N–H and O–H groups in total. The first-order valence-corrected chi connectivity index (χ1v) is 15.7. The zero-order chi connectivity index (χ0) is 26.7. The van der Waals surface area contributed by atoms with Crippen molar-refractivity contribution in [3.05, 3.63) is 11.3 Å². The summed E-state index contributed by atoms with van der Waals surface area (Å²) in [6.07, 6.45) is 27.0. The van der Waals surface area contributed by atoms with Crippen molar-refractivity contribution < 1.29 is 9.59 Å². The molecule has 0 aromatic heterocycles. The second kappa shape index (κ2) is 19.7. The standard InChI is InChI=1S/C32H60N2O2/c1-5-7-9-11-13-15-17-19-21-23-25-29-28(3)34(30(35)27-32(29,4)31(33)36)26-24-22-20-18-16-14-12-10-8-6-2/h5-27H2,1-4H3,(H2,33,36). The van der Waals surface area contributed by atoms with Gasteiger partial charge in [0.05, 0.1) is 5.41 Å². The van der Waals surface area contributed by atoms with E-state index in [1.807, 2.05) is 18.7 Å². The van der Waals surface area contributed by atoms with Crippen LogP contribution in [0.25, 0.3) is 0 Å². The minimum absolute atomic E-state index is 0.0662. The third kappa shape index (κ3) is 12.3. The molecule has 0 bridgehead atoms. The van der Waals surface area contributed by atoms with E-state index in [0.717, 1.165) is 37.1 Å². The van der Waals surface area contributed by atoms with Crippen LogP contribution in [0.3, 0.4) is 0 Å². The van der Waals surface area contributed by atoms with Gasteiger partial charge < -0.3 is 10.6 Å². The first-order valence-electron chi connectivity index (χ1n) is 15.7. The minimum Gasteiger partial charge on any atom is -0.369 e. The van der Waals surface area contributed by atoms with Crippen LogP contribution in [0.1, 0.15) is 169 Å². The number of unbranched alkanes of at least 4 members (excludes halogenated alkanes) is 18. The lowest BCUT2D eigenvalue weighted by molar-refractivity contribution is -0.138. The fourth-order valence-corrected chi connectivity index (χ4v) is 5.79. The summed E-state index contributed by atoms with van der Waals surface area (Å²) in [5.41, 5.74) is 7.13. The third-order valence-corrected chi connectivity index (χ3v) is 8.37. The van der Waals surface area contributed by atoms with E-state index < -0.39 is 5.41 Å². The van der Waals surface area contributed by atoms with Crippen molar-refractivity contribution in [2.45, 2.75) is 169 Å². The summed E-state index contributed by atoms with van der Waals surface area (Å²) in [6.45, 7) is 9.23. The van der Waals surface area contributed by atoms with E-state index in [0.29, 0.717) is 0 Å². The van der Waals surface area contributed by atoms with Crippen molar-refractivity contribution in [3.63, 3.8) is 0 Å². The summed E-state index contributed by atoms with van der Waals surface area (Å²) in [5, 5.41) is 0. The lowest BCUT2D eigenvalue weighted by Crippen LogP contribution is -2.47. The molecule has 0 radical (unpaired) electrons. The average Bonchev–Trinajstić information content (AvgIpc) is 2.84. The second-order valence-corrected chi connectivity index (χ2v) is 11.6. The maximum Gasteiger partial charge on any atom is 0.228 e. The van der Waals surface area contributed by atoms with Crippen LogP contribution in [0.15, 0.2) is 11.3 Å². The molecule has 1 aliphatic rings. The molecule has 1 atom stereocenters. The van der Waals surface area contributed by atoms with Crippen molar-refractivity contribution in [3.8, 4) is 0 Å². The number of primary amides is 1. The number of carbonyl (C=O) groups is 2. The fraction of sp³-hybridized carbons (Fsp3) is 0.875. The van der Waals surface area contributed by atoms with Crippen LogP contribution >= 0.6 is 0 Å². The molecule has 0 saturated heterocycles. The number of carbonyl (C=O) groups excluding carboxylic acids is 2. The van der Waals surface area contributed by atoms with Crippen LogP contribution in [0.2, 0.25) is 0 Å². The highest BCUT2D eigenvalue weighted by Crippen LogP contribution is 2.42. The molecule has 0 aromatic rings. The second-order valence-electron chi connectivity index (χ2n) is 11.6. The van der Waals surface area contributed by atoms with E-state index in [4.69, 9.17) is 5.73 Å². The van der Waals surface area contributed by atoms with Gasteiger partial charge in [-0.25, -0.2) is 0 Å². The lowest BCUT2D eigenvalue weighted by atomic mass is 9.72. The van der Waals surface area contributed by atoms with Gasteiger partial charge in [0.15, 0.2) is 0 Å². The minimum atomic E-state index is -0.825. The van der Waals surface area contributed by atoms with Gasteiger partial charge in [0.2, 0.25) is 11.8 Å². The number of nitrogens with two attached hydrogens (primary N) is 1. The highest BCUT2D eigenvalue weighted by Gasteiger charge is 2.44. The van der Waals surface area contributed by atoms with Gasteiger partial charge in [0.1, 0.15) is 0 Å². The van der Waals surface area contributed by atoms with E-state index in [1.165, 1.54) is 116 Å². The van der Waals surface area contributed by atoms with Gasteiger partial charge in [0, 0.05) is 18.7 Å². The van der Waals surface area contributed by atoms with Crippen LogP contribution in [0, 0.1) is 5.41 Å². The smallest absolute Gasteiger partial charge is 0.228 e. The molecule has 4 nitrogen and oxygen atoms in total. The monoisotopic (exact) mass is 504 g/mol. The molecular formula is C32H60N2O2. The Morgan fingerprint density at radius 3 is 1.53 bits per heavy atom. The number of hydrogen-bond acceptors (Lipinski definition) is 2. The molecular weight excluding hydrogens is 444 g/mol. The van der Waals surface area contributed by atoms with Gasteiger partial charge >= 0.3 is 0 Å². The molecule has 1 heterocycles. The van der Waals surface area contributed by atoms with Crippen molar-refractivity contribution >= 4 is 11.8 Å². The topological polar surface area (TPSA) is 63.4 Å². The van der Waals surface area contributed by atoms with Crippen LogP contribution in [-0.4, -0.2) is 23.3 Å². The van der Waals surface area contributed by atoms with Crippen LogP contribution in [0.4, 0.5) is 0 Å². The molecule has 0 fully saturated rings. The Hall–Kier alpha value is -1.32. The van der Waals surface area contributed by atoms with Crippen molar-refractivity contribution in [1.82, 2.24) is 4.90 Å². The van der Waals surface area contributed by atoms with E-state index >= 15 is 0 Å². The highest BCUT2D eigenvalue weighted by atomic mass is 16.2.